The molecule has 17 aliphatic rings. The van der Waals surface area contributed by atoms with Crippen LogP contribution in [0.5, 0.6) is 11.5 Å². The Balaban J connectivity index is 0.843. The van der Waals surface area contributed by atoms with Crippen LogP contribution in [0.1, 0.15) is 221 Å². The molecule has 496 valence electrons. The van der Waals surface area contributed by atoms with Crippen molar-refractivity contribution >= 4 is 45.4 Å². The monoisotopic (exact) mass is 1280 g/mol. The van der Waals surface area contributed by atoms with Gasteiger partial charge in [0.25, 0.3) is 0 Å². The number of hydrogen-bond donors (Lipinski definition) is 8. The molecule has 19 atom stereocenters. The van der Waals surface area contributed by atoms with E-state index in [1.54, 1.807) is 6.92 Å². The van der Waals surface area contributed by atoms with Gasteiger partial charge in [0, 0.05) is 103 Å². The van der Waals surface area contributed by atoms with Gasteiger partial charge in [0.2, 0.25) is 5.91 Å². The Morgan fingerprint density at radius 2 is 1.63 bits per heavy atom. The van der Waals surface area contributed by atoms with Gasteiger partial charge in [-0.15, -0.1) is 0 Å². The Hall–Kier alpha value is -4.16. The highest BCUT2D eigenvalue weighted by Crippen LogP contribution is 2.74. The number of ether oxygens (including phenoxy) is 2. The Morgan fingerprint density at radius 1 is 0.857 bits per heavy atom. The number of carbonyl (C=O) groups excluding carboxylic acids is 2. The largest absolute Gasteiger partial charge is 0.504 e. The molecule has 0 aromatic heterocycles. The molecule has 11 N–H and O–H groups in total. The predicted octanol–water partition coefficient (Wildman–Crippen LogP) is 11.7. The van der Waals surface area contributed by atoms with Crippen LogP contribution in [0, 0.1) is 74.9 Å². The minimum Gasteiger partial charge on any atom is -0.504 e. The SMILES string of the molecule is CC(=O)O[C@]12C[C@@H]3CC[C@@H]1Cc1cc(c(O)c4c1[C@H]1C=C[C@@]5(CCC[C@@H]5C1)O4)CN1C[C@]4(CC1=O)[C@@H](CC[C@@H]4c1ccccc1)CN=C(N)N[C@]1(CCCC14CCCC4)SSC[C@H]1CC[C@@H](C[C@@]14CCC[C@@]41C[C@@H](CCCO)[C@@H](CCN=C(N)N)[C@H]1O)[C@H]3[C@H](O)C2. The lowest BCUT2D eigenvalue weighted by molar-refractivity contribution is -0.204. The second-order valence-corrected chi connectivity index (χ2v) is 34.9. The molecule has 10 aliphatic carbocycles. The summed E-state index contributed by atoms with van der Waals surface area (Å²) in [6.45, 7) is 3.44. The predicted molar refractivity (Wildman–Crippen MR) is 359 cm³/mol. The van der Waals surface area contributed by atoms with Crippen LogP contribution in [-0.2, 0) is 27.3 Å². The van der Waals surface area contributed by atoms with Crippen LogP contribution < -0.4 is 27.3 Å². The number of guanidine groups is 2. The number of phenols is 1. The summed E-state index contributed by atoms with van der Waals surface area (Å²) in [5.74, 6) is 3.47. The van der Waals surface area contributed by atoms with Crippen molar-refractivity contribution in [3.63, 3.8) is 0 Å². The third-order valence-electron chi connectivity index (χ3n) is 28.5. The van der Waals surface area contributed by atoms with Gasteiger partial charge in [-0.2, -0.15) is 0 Å². The lowest BCUT2D eigenvalue weighted by Gasteiger charge is -2.60. The van der Waals surface area contributed by atoms with Crippen molar-refractivity contribution in [2.75, 3.05) is 32.0 Å². The Kier molecular flexibility index (Phi) is 16.7. The van der Waals surface area contributed by atoms with Gasteiger partial charge < -0.3 is 57.3 Å². The molecule has 10 fully saturated rings. The number of nitrogens with zero attached hydrogens (tertiary/aromatic N) is 3. The molecule has 12 bridgehead atoms. The van der Waals surface area contributed by atoms with Crippen LogP contribution in [0.3, 0.4) is 0 Å². The maximum atomic E-state index is 15.2. The third-order valence-corrected chi connectivity index (χ3v) is 31.8. The van der Waals surface area contributed by atoms with E-state index in [-0.39, 0.29) is 111 Å². The third kappa shape index (κ3) is 10.3. The highest BCUT2D eigenvalue weighted by Gasteiger charge is 2.69. The number of esters is 1. The van der Waals surface area contributed by atoms with E-state index in [4.69, 9.17) is 31.7 Å². The molecule has 19 rings (SSSR count). The molecule has 7 aliphatic heterocycles. The molecule has 2 aromatic carbocycles. The molecule has 17 heteroatoms. The molecule has 0 radical (unpaired) electrons. The number of amides is 1. The summed E-state index contributed by atoms with van der Waals surface area (Å²) in [5, 5.41) is 54.2. The molecule has 7 heterocycles. The molecule has 2 aromatic rings. The second kappa shape index (κ2) is 24.2. The Labute approximate surface area is 548 Å². The molecule has 1 amide bonds. The first-order valence-corrected chi connectivity index (χ1v) is 38.5. The summed E-state index contributed by atoms with van der Waals surface area (Å²) in [6.07, 6.45) is 30.3. The Bertz CT molecular complexity index is 3170. The van der Waals surface area contributed by atoms with Gasteiger partial charge >= 0.3 is 5.97 Å². The zero-order valence-corrected chi connectivity index (χ0v) is 55.8. The van der Waals surface area contributed by atoms with E-state index in [1.165, 1.54) is 37.7 Å². The minimum atomic E-state index is -0.898. The number of benzene rings is 2. The van der Waals surface area contributed by atoms with E-state index >= 15 is 4.79 Å². The van der Waals surface area contributed by atoms with Crippen molar-refractivity contribution in [1.82, 2.24) is 10.2 Å². The van der Waals surface area contributed by atoms with Gasteiger partial charge in [-0.25, -0.2) is 0 Å². The average Bonchev–Trinajstić information content (AvgIpc) is 1.60. The van der Waals surface area contributed by atoms with Crippen LogP contribution >= 0.6 is 21.6 Å². The number of aliphatic hydroxyl groups is 3. The highest BCUT2D eigenvalue weighted by atomic mass is 33.1. The standard InChI is InChI=1S/C74H105N7O8S2/c1-45(83)88-73-38-50-15-17-54(73)35-51-33-52(63(86)64-62(51)47-21-30-72(89-64)28-7-14-53(72)34-47)42-81-44-69(40-60(81)85)55(19-20-58(69)46-11-3-2-4-12-46)41-79-67(77)80-74(29-9-25-68(74)23-5-6-24-68)91-90-43-56-18-16-49(61(50)59(84)39-73)37-70(56)26-10-27-71(70)36-48(13-8-32-82)57(65(71)87)22-31-78-66(75)76/h2-4,11-12,21,30,33,47-50,53-59,61,65,82,84,86-87H,5-10,13-20,22-29,31-32,34-44H2,1H3,(H4,75,76,78)(H3,77,79,80)/t47-,48+,49-,50-,53+,54+,55-,56+,57+,58+,59+,61+,65+,69+,70-,71-,72+,73-,74+/m0/s1. The van der Waals surface area contributed by atoms with E-state index in [1.807, 2.05) is 26.5 Å². The number of allylic oxidation sites excluding steroid dienone is 1. The minimum absolute atomic E-state index is 0.00473. The number of nitrogens with two attached hydrogens (primary N) is 3. The van der Waals surface area contributed by atoms with Crippen molar-refractivity contribution in [1.29, 1.82) is 0 Å². The van der Waals surface area contributed by atoms with Crippen LogP contribution in [0.15, 0.2) is 58.5 Å². The van der Waals surface area contributed by atoms with Crippen LogP contribution in [0.2, 0.25) is 0 Å². The lowest BCUT2D eigenvalue weighted by atomic mass is 9.47. The first kappa shape index (κ1) is 62.9. The van der Waals surface area contributed by atoms with E-state index in [0.29, 0.717) is 87.3 Å². The second-order valence-electron chi connectivity index (χ2n) is 32.3. The summed E-state index contributed by atoms with van der Waals surface area (Å²) in [7, 11) is 4.09. The average molecular weight is 1280 g/mol. The molecule has 9 saturated carbocycles. The smallest absolute Gasteiger partial charge is 0.303 e. The number of aliphatic imine (C=N–C) groups is 2. The summed E-state index contributed by atoms with van der Waals surface area (Å²) in [6, 6.07) is 13.0. The summed E-state index contributed by atoms with van der Waals surface area (Å²) in [5.41, 5.74) is 21.1. The van der Waals surface area contributed by atoms with Crippen molar-refractivity contribution in [3.05, 3.63) is 70.8 Å². The topological polar surface area (TPSA) is 252 Å². The van der Waals surface area contributed by atoms with E-state index in [9.17, 15) is 25.2 Å². The molecule has 6 spiro atoms. The molecule has 1 saturated heterocycles. The first-order chi connectivity index (χ1) is 44.0. The molecule has 0 unspecified atom stereocenters. The van der Waals surface area contributed by atoms with Gasteiger partial charge in [-0.05, 0) is 230 Å². The normalized spacial score (nSPS) is 42.9. The fraction of sp³-hybridized carbons (Fsp3) is 0.757. The number of hydrogen-bond acceptors (Lipinski definition) is 14. The van der Waals surface area contributed by atoms with Crippen molar-refractivity contribution in [2.45, 2.75) is 240 Å². The van der Waals surface area contributed by atoms with Crippen LogP contribution in [-0.4, -0.2) is 109 Å². The summed E-state index contributed by atoms with van der Waals surface area (Å²) < 4.78 is 14.2. The number of nitrogens with one attached hydrogen (secondary N) is 1. The number of phenolic OH excluding ortho intramolecular Hbond substituents is 1. The van der Waals surface area contributed by atoms with Gasteiger partial charge in [0.15, 0.2) is 23.4 Å². The van der Waals surface area contributed by atoms with Gasteiger partial charge in [-0.3, -0.25) is 19.6 Å². The van der Waals surface area contributed by atoms with Gasteiger partial charge in [0.05, 0.1) is 12.2 Å². The molecular formula is C74H105N7O8S2. The maximum absolute atomic E-state index is 15.2. The first-order valence-electron chi connectivity index (χ1n) is 36.2. The summed E-state index contributed by atoms with van der Waals surface area (Å²) in [4.78, 5) is 40.6. The number of aromatic hydroxyl groups is 1. The van der Waals surface area contributed by atoms with Crippen molar-refractivity contribution < 1.29 is 39.5 Å². The van der Waals surface area contributed by atoms with Crippen LogP contribution in [0.25, 0.3) is 0 Å². The summed E-state index contributed by atoms with van der Waals surface area (Å²) >= 11 is 0. The number of carbonyl (C=O) groups is 2. The molecule has 15 nitrogen and oxygen atoms in total. The zero-order valence-electron chi connectivity index (χ0n) is 54.2. The Morgan fingerprint density at radius 3 is 2.43 bits per heavy atom. The fourth-order valence-corrected chi connectivity index (χ4v) is 28.9. The zero-order chi connectivity index (χ0) is 62.7. The molecule has 91 heavy (non-hydrogen) atoms. The fourth-order valence-electron chi connectivity index (χ4n) is 24.9. The van der Waals surface area contributed by atoms with Gasteiger partial charge in [-0.1, -0.05) is 77.3 Å². The van der Waals surface area contributed by atoms with Crippen molar-refractivity contribution in [3.8, 4) is 11.5 Å². The number of rotatable bonds is 8. The quantitative estimate of drug-likeness (QED) is 0.0403. The van der Waals surface area contributed by atoms with E-state index in [2.05, 4.69) is 58.9 Å². The van der Waals surface area contributed by atoms with Crippen LogP contribution in [0.4, 0.5) is 0 Å². The van der Waals surface area contributed by atoms with E-state index in [0.717, 1.165) is 132 Å². The molecular weight excluding hydrogens is 1180 g/mol. The lowest BCUT2D eigenvalue weighted by Crippen LogP contribution is -2.59. The van der Waals surface area contributed by atoms with Crippen molar-refractivity contribution in [2.24, 2.45) is 102 Å². The highest BCUT2D eigenvalue weighted by molar-refractivity contribution is 8.77. The number of aliphatic hydroxyl groups excluding tert-OH is 3. The maximum Gasteiger partial charge on any atom is 0.303 e. The van der Waals surface area contributed by atoms with E-state index < -0.39 is 28.8 Å². The van der Waals surface area contributed by atoms with Gasteiger partial charge in [0.1, 0.15) is 16.1 Å².